The second kappa shape index (κ2) is 5.63. The number of methoxy groups -OCH3 is 1. The molecule has 98 valence electrons. The summed E-state index contributed by atoms with van der Waals surface area (Å²) >= 11 is 9.27. The topological polar surface area (TPSA) is 52.3 Å². The molecule has 0 atom stereocenters. The standard InChI is InChI=1S/C14H11BrClNO2/c1-19-13-5-3-8(6-10(13)15)14(18)9-2-4-12(17)11(16)7-9/h2-7H,17H2,1H3. The molecule has 0 amide bonds. The number of halogens is 2. The van der Waals surface area contributed by atoms with Crippen LogP contribution < -0.4 is 10.5 Å². The van der Waals surface area contributed by atoms with E-state index in [0.717, 1.165) is 4.47 Å². The van der Waals surface area contributed by atoms with Crippen molar-refractivity contribution in [1.29, 1.82) is 0 Å². The summed E-state index contributed by atoms with van der Waals surface area (Å²) < 4.78 is 5.85. The number of hydrogen-bond donors (Lipinski definition) is 1. The number of nitrogen functional groups attached to an aromatic ring is 1. The largest absolute Gasteiger partial charge is 0.496 e. The monoisotopic (exact) mass is 339 g/mol. The third-order valence-corrected chi connectivity index (χ3v) is 3.62. The van der Waals surface area contributed by atoms with Crippen molar-refractivity contribution in [2.24, 2.45) is 0 Å². The Kier molecular flexibility index (Phi) is 4.12. The van der Waals surface area contributed by atoms with Gasteiger partial charge in [0.05, 0.1) is 22.3 Å². The van der Waals surface area contributed by atoms with E-state index in [0.29, 0.717) is 27.6 Å². The zero-order chi connectivity index (χ0) is 14.0. The lowest BCUT2D eigenvalue weighted by atomic mass is 10.0. The number of carbonyl (C=O) groups excluding carboxylic acids is 1. The van der Waals surface area contributed by atoms with Crippen molar-refractivity contribution in [3.05, 3.63) is 57.0 Å². The van der Waals surface area contributed by atoms with E-state index in [1.807, 2.05) is 0 Å². The molecule has 3 nitrogen and oxygen atoms in total. The van der Waals surface area contributed by atoms with E-state index in [4.69, 9.17) is 22.1 Å². The molecular weight excluding hydrogens is 330 g/mol. The Hall–Kier alpha value is -1.52. The zero-order valence-corrected chi connectivity index (χ0v) is 12.5. The van der Waals surface area contributed by atoms with Gasteiger partial charge < -0.3 is 10.5 Å². The van der Waals surface area contributed by atoms with Gasteiger partial charge in [-0.05, 0) is 52.3 Å². The van der Waals surface area contributed by atoms with Gasteiger partial charge >= 0.3 is 0 Å². The third-order valence-electron chi connectivity index (χ3n) is 2.68. The van der Waals surface area contributed by atoms with Crippen molar-refractivity contribution in [3.63, 3.8) is 0 Å². The second-order valence-corrected chi connectivity index (χ2v) is 5.18. The van der Waals surface area contributed by atoms with Crippen LogP contribution >= 0.6 is 27.5 Å². The molecule has 0 saturated carbocycles. The molecule has 0 bridgehead atoms. The maximum absolute atomic E-state index is 12.3. The van der Waals surface area contributed by atoms with Gasteiger partial charge in [-0.15, -0.1) is 0 Å². The number of carbonyl (C=O) groups is 1. The Morgan fingerprint density at radius 2 is 1.84 bits per heavy atom. The number of nitrogens with two attached hydrogens (primary N) is 1. The van der Waals surface area contributed by atoms with Crippen LogP contribution in [0.1, 0.15) is 15.9 Å². The maximum atomic E-state index is 12.3. The van der Waals surface area contributed by atoms with E-state index in [2.05, 4.69) is 15.9 Å². The van der Waals surface area contributed by atoms with Crippen LogP contribution in [-0.2, 0) is 0 Å². The molecule has 0 aliphatic heterocycles. The van der Waals surface area contributed by atoms with Gasteiger partial charge in [-0.3, -0.25) is 4.79 Å². The number of ketones is 1. The van der Waals surface area contributed by atoms with Crippen molar-refractivity contribution in [2.75, 3.05) is 12.8 Å². The summed E-state index contributed by atoms with van der Waals surface area (Å²) in [5, 5.41) is 0.374. The fourth-order valence-corrected chi connectivity index (χ4v) is 2.36. The van der Waals surface area contributed by atoms with Gasteiger partial charge in [0.1, 0.15) is 5.75 Å². The van der Waals surface area contributed by atoms with Crippen molar-refractivity contribution < 1.29 is 9.53 Å². The van der Waals surface area contributed by atoms with Crippen LogP contribution in [0.2, 0.25) is 5.02 Å². The minimum absolute atomic E-state index is 0.120. The van der Waals surface area contributed by atoms with Crippen LogP contribution in [0.3, 0.4) is 0 Å². The van der Waals surface area contributed by atoms with Crippen molar-refractivity contribution >= 4 is 39.0 Å². The highest BCUT2D eigenvalue weighted by molar-refractivity contribution is 9.10. The normalized spacial score (nSPS) is 10.3. The predicted molar refractivity (Wildman–Crippen MR) is 80.0 cm³/mol. The number of hydrogen-bond acceptors (Lipinski definition) is 3. The Morgan fingerprint density at radius 3 is 2.42 bits per heavy atom. The summed E-state index contributed by atoms with van der Waals surface area (Å²) in [5.41, 5.74) is 7.12. The molecule has 2 aromatic rings. The average molecular weight is 341 g/mol. The van der Waals surface area contributed by atoms with Crippen LogP contribution in [0.4, 0.5) is 5.69 Å². The molecule has 0 heterocycles. The highest BCUT2D eigenvalue weighted by Crippen LogP contribution is 2.27. The number of anilines is 1. The van der Waals surface area contributed by atoms with Gasteiger partial charge in [-0.1, -0.05) is 11.6 Å². The van der Waals surface area contributed by atoms with Crippen LogP contribution in [0, 0.1) is 0 Å². The summed E-state index contributed by atoms with van der Waals surface area (Å²) in [5.74, 6) is 0.553. The summed E-state index contributed by atoms with van der Waals surface area (Å²) in [6.45, 7) is 0. The highest BCUT2D eigenvalue weighted by atomic mass is 79.9. The smallest absolute Gasteiger partial charge is 0.193 e. The first-order valence-corrected chi connectivity index (χ1v) is 6.63. The summed E-state index contributed by atoms with van der Waals surface area (Å²) in [6, 6.07) is 9.99. The maximum Gasteiger partial charge on any atom is 0.193 e. The molecular formula is C14H11BrClNO2. The number of rotatable bonds is 3. The minimum atomic E-state index is -0.120. The molecule has 0 saturated heterocycles. The Bertz CT molecular complexity index is 643. The van der Waals surface area contributed by atoms with Crippen molar-refractivity contribution in [1.82, 2.24) is 0 Å². The fraction of sp³-hybridized carbons (Fsp3) is 0.0714. The zero-order valence-electron chi connectivity index (χ0n) is 10.1. The average Bonchev–Trinajstić information content (AvgIpc) is 2.41. The molecule has 0 aromatic heterocycles. The van der Waals surface area contributed by atoms with E-state index in [9.17, 15) is 4.79 Å². The van der Waals surface area contributed by atoms with Crippen molar-refractivity contribution in [2.45, 2.75) is 0 Å². The van der Waals surface area contributed by atoms with Gasteiger partial charge in [-0.2, -0.15) is 0 Å². The Labute approximate surface area is 124 Å². The second-order valence-electron chi connectivity index (χ2n) is 3.91. The molecule has 5 heteroatoms. The van der Waals surface area contributed by atoms with Crippen LogP contribution in [-0.4, -0.2) is 12.9 Å². The molecule has 2 aromatic carbocycles. The molecule has 2 N–H and O–H groups in total. The van der Waals surface area contributed by atoms with Crippen LogP contribution in [0.15, 0.2) is 40.9 Å². The number of ether oxygens (including phenoxy) is 1. The van der Waals surface area contributed by atoms with E-state index in [-0.39, 0.29) is 5.78 Å². The highest BCUT2D eigenvalue weighted by Gasteiger charge is 2.12. The van der Waals surface area contributed by atoms with Gasteiger partial charge in [0.2, 0.25) is 0 Å². The molecule has 0 radical (unpaired) electrons. The molecule has 0 spiro atoms. The quantitative estimate of drug-likeness (QED) is 0.680. The first-order valence-electron chi connectivity index (χ1n) is 5.46. The molecule has 0 aliphatic rings. The molecule has 0 fully saturated rings. The van der Waals surface area contributed by atoms with E-state index in [1.165, 1.54) is 0 Å². The van der Waals surface area contributed by atoms with Crippen LogP contribution in [0.25, 0.3) is 0 Å². The van der Waals surface area contributed by atoms with E-state index < -0.39 is 0 Å². The van der Waals surface area contributed by atoms with E-state index >= 15 is 0 Å². The first-order chi connectivity index (χ1) is 9.02. The Morgan fingerprint density at radius 1 is 1.21 bits per heavy atom. The fourth-order valence-electron chi connectivity index (χ4n) is 1.64. The van der Waals surface area contributed by atoms with E-state index in [1.54, 1.807) is 43.5 Å². The van der Waals surface area contributed by atoms with Gasteiger partial charge in [0.25, 0.3) is 0 Å². The lowest BCUT2D eigenvalue weighted by molar-refractivity contribution is 0.103. The first kappa shape index (κ1) is 13.9. The minimum Gasteiger partial charge on any atom is -0.496 e. The summed E-state index contributed by atoms with van der Waals surface area (Å²) in [7, 11) is 1.57. The summed E-state index contributed by atoms with van der Waals surface area (Å²) in [4.78, 5) is 12.3. The van der Waals surface area contributed by atoms with Crippen molar-refractivity contribution in [3.8, 4) is 5.75 Å². The lowest BCUT2D eigenvalue weighted by Gasteiger charge is -2.07. The van der Waals surface area contributed by atoms with Crippen LogP contribution in [0.5, 0.6) is 5.75 Å². The summed E-state index contributed by atoms with van der Waals surface area (Å²) in [6.07, 6.45) is 0. The Balaban J connectivity index is 2.38. The lowest BCUT2D eigenvalue weighted by Crippen LogP contribution is -2.02. The number of benzene rings is 2. The third kappa shape index (κ3) is 2.91. The molecule has 0 unspecified atom stereocenters. The van der Waals surface area contributed by atoms with Gasteiger partial charge in [-0.25, -0.2) is 0 Å². The predicted octanol–water partition coefficient (Wildman–Crippen LogP) is 3.92. The molecule has 19 heavy (non-hydrogen) atoms. The van der Waals surface area contributed by atoms with Gasteiger partial charge in [0, 0.05) is 11.1 Å². The molecule has 2 rings (SSSR count). The SMILES string of the molecule is COc1ccc(C(=O)c2ccc(N)c(Cl)c2)cc1Br. The molecule has 0 aliphatic carbocycles. The van der Waals surface area contributed by atoms with Gasteiger partial charge in [0.15, 0.2) is 5.78 Å².